The molecule has 0 aromatic heterocycles. The number of nitrogens with one attached hydrogen (secondary N) is 1. The number of amides is 2. The Bertz CT molecular complexity index is 258. The third kappa shape index (κ3) is 3.12. The van der Waals surface area contributed by atoms with Crippen LogP contribution in [0, 0.1) is 11.8 Å². The minimum atomic E-state index is -0.816. The van der Waals surface area contributed by atoms with Gasteiger partial charge in [0, 0.05) is 19.6 Å². The number of carbonyl (C=O) groups is 2. The molecule has 16 heavy (non-hydrogen) atoms. The normalized spacial score (nSPS) is 16.1. The number of hydrogen-bond donors (Lipinski definition) is 2. The predicted molar refractivity (Wildman–Crippen MR) is 60.2 cm³/mol. The fraction of sp³-hybridized carbons (Fsp3) is 0.818. The van der Waals surface area contributed by atoms with Crippen molar-refractivity contribution >= 4 is 12.0 Å². The molecular weight excluding hydrogens is 208 g/mol. The van der Waals surface area contributed by atoms with Gasteiger partial charge in [-0.3, -0.25) is 4.79 Å². The van der Waals surface area contributed by atoms with Crippen molar-refractivity contribution in [1.82, 2.24) is 10.2 Å². The van der Waals surface area contributed by atoms with Crippen LogP contribution in [0.5, 0.6) is 0 Å². The molecule has 2 amide bonds. The number of likely N-dealkylation sites (tertiary alicyclic amines) is 1. The van der Waals surface area contributed by atoms with Crippen LogP contribution in [0.4, 0.5) is 4.79 Å². The van der Waals surface area contributed by atoms with Gasteiger partial charge in [-0.2, -0.15) is 0 Å². The first kappa shape index (κ1) is 12.8. The number of urea groups is 1. The molecule has 1 aliphatic heterocycles. The number of hydrogen-bond acceptors (Lipinski definition) is 2. The Morgan fingerprint density at radius 2 is 1.94 bits per heavy atom. The van der Waals surface area contributed by atoms with Crippen LogP contribution in [0.3, 0.4) is 0 Å². The van der Waals surface area contributed by atoms with E-state index < -0.39 is 5.97 Å². The van der Waals surface area contributed by atoms with E-state index in [-0.39, 0.29) is 11.9 Å². The van der Waals surface area contributed by atoms with Crippen molar-refractivity contribution in [3.05, 3.63) is 0 Å². The van der Waals surface area contributed by atoms with Crippen LogP contribution in [-0.2, 0) is 4.79 Å². The number of carbonyl (C=O) groups excluding carboxylic acids is 1. The minimum Gasteiger partial charge on any atom is -0.481 e. The van der Waals surface area contributed by atoms with Crippen LogP contribution in [0.15, 0.2) is 0 Å². The molecule has 5 heteroatoms. The Morgan fingerprint density at radius 1 is 1.38 bits per heavy atom. The van der Waals surface area contributed by atoms with Gasteiger partial charge in [-0.25, -0.2) is 4.79 Å². The molecule has 0 atom stereocenters. The van der Waals surface area contributed by atoms with Crippen LogP contribution in [0.25, 0.3) is 0 Å². The lowest BCUT2D eigenvalue weighted by atomic mass is 10.0. The summed E-state index contributed by atoms with van der Waals surface area (Å²) in [5.74, 6) is -0.677. The molecule has 0 bridgehead atoms. The third-order valence-electron chi connectivity index (χ3n) is 3.21. The Balaban J connectivity index is 2.20. The molecule has 1 saturated heterocycles. The molecule has 1 aliphatic rings. The second-order valence-electron chi connectivity index (χ2n) is 4.31. The second-order valence-corrected chi connectivity index (χ2v) is 4.31. The molecule has 0 radical (unpaired) electrons. The molecule has 0 saturated carbocycles. The maximum absolute atomic E-state index is 11.6. The SMILES string of the molecule is CCC(CC)CNC(=O)N1CC(C(=O)O)C1. The average Bonchev–Trinajstić information content (AvgIpc) is 2.16. The summed E-state index contributed by atoms with van der Waals surface area (Å²) in [7, 11) is 0. The van der Waals surface area contributed by atoms with Crippen molar-refractivity contribution in [1.29, 1.82) is 0 Å². The number of aliphatic carboxylic acids is 1. The maximum Gasteiger partial charge on any atom is 0.317 e. The lowest BCUT2D eigenvalue weighted by Crippen LogP contribution is -2.56. The molecule has 1 fully saturated rings. The van der Waals surface area contributed by atoms with Gasteiger partial charge in [-0.05, 0) is 5.92 Å². The first-order chi connectivity index (χ1) is 7.58. The van der Waals surface area contributed by atoms with E-state index in [1.807, 2.05) is 0 Å². The van der Waals surface area contributed by atoms with Crippen LogP contribution < -0.4 is 5.32 Å². The molecule has 1 heterocycles. The van der Waals surface area contributed by atoms with Crippen molar-refractivity contribution < 1.29 is 14.7 Å². The predicted octanol–water partition coefficient (Wildman–Crippen LogP) is 1.15. The zero-order valence-corrected chi connectivity index (χ0v) is 9.90. The van der Waals surface area contributed by atoms with Gasteiger partial charge < -0.3 is 15.3 Å². The molecule has 5 nitrogen and oxygen atoms in total. The van der Waals surface area contributed by atoms with Crippen LogP contribution in [0.2, 0.25) is 0 Å². The summed E-state index contributed by atoms with van der Waals surface area (Å²) >= 11 is 0. The summed E-state index contributed by atoms with van der Waals surface area (Å²) in [5.41, 5.74) is 0. The molecule has 0 aliphatic carbocycles. The topological polar surface area (TPSA) is 69.6 Å². The Kier molecular flexibility index (Phi) is 4.58. The number of carboxylic acids is 1. The second kappa shape index (κ2) is 5.72. The van der Waals surface area contributed by atoms with Gasteiger partial charge in [0.1, 0.15) is 0 Å². The van der Waals surface area contributed by atoms with Crippen LogP contribution >= 0.6 is 0 Å². The van der Waals surface area contributed by atoms with E-state index in [9.17, 15) is 9.59 Å². The van der Waals surface area contributed by atoms with Crippen LogP contribution in [-0.4, -0.2) is 41.6 Å². The first-order valence-electron chi connectivity index (χ1n) is 5.84. The minimum absolute atomic E-state index is 0.135. The van der Waals surface area contributed by atoms with E-state index in [1.165, 1.54) is 0 Å². The van der Waals surface area contributed by atoms with E-state index in [4.69, 9.17) is 5.11 Å². The molecule has 1 rings (SSSR count). The van der Waals surface area contributed by atoms with Crippen molar-refractivity contribution in [3.63, 3.8) is 0 Å². The van der Waals surface area contributed by atoms with Gasteiger partial charge in [0.05, 0.1) is 5.92 Å². The van der Waals surface area contributed by atoms with Gasteiger partial charge in [-0.1, -0.05) is 26.7 Å². The van der Waals surface area contributed by atoms with Crippen molar-refractivity contribution in [2.24, 2.45) is 11.8 Å². The standard InChI is InChI=1S/C11H20N2O3/c1-3-8(4-2)5-12-11(16)13-6-9(7-13)10(14)15/h8-9H,3-7H2,1-2H3,(H,12,16)(H,14,15). The van der Waals surface area contributed by atoms with Gasteiger partial charge in [0.15, 0.2) is 0 Å². The molecule has 0 spiro atoms. The zero-order valence-electron chi connectivity index (χ0n) is 9.90. The van der Waals surface area contributed by atoms with E-state index in [1.54, 1.807) is 4.90 Å². The molecule has 0 aromatic carbocycles. The van der Waals surface area contributed by atoms with Gasteiger partial charge in [0.2, 0.25) is 0 Å². The van der Waals surface area contributed by atoms with Gasteiger partial charge >= 0.3 is 12.0 Å². The van der Waals surface area contributed by atoms with Gasteiger partial charge in [0.25, 0.3) is 0 Å². The van der Waals surface area contributed by atoms with Crippen LogP contribution in [0.1, 0.15) is 26.7 Å². The maximum atomic E-state index is 11.6. The fourth-order valence-electron chi connectivity index (χ4n) is 1.72. The summed E-state index contributed by atoms with van der Waals surface area (Å²) in [5, 5.41) is 11.5. The van der Waals surface area contributed by atoms with E-state index in [0.717, 1.165) is 12.8 Å². The third-order valence-corrected chi connectivity index (χ3v) is 3.21. The highest BCUT2D eigenvalue weighted by Gasteiger charge is 2.35. The summed E-state index contributed by atoms with van der Waals surface area (Å²) in [6.07, 6.45) is 2.10. The number of nitrogens with zero attached hydrogens (tertiary/aromatic N) is 1. The monoisotopic (exact) mass is 228 g/mol. The smallest absolute Gasteiger partial charge is 0.317 e. The zero-order chi connectivity index (χ0) is 12.1. The Morgan fingerprint density at radius 3 is 2.38 bits per heavy atom. The van der Waals surface area contributed by atoms with Crippen molar-refractivity contribution in [2.75, 3.05) is 19.6 Å². The average molecular weight is 228 g/mol. The summed E-state index contributed by atoms with van der Waals surface area (Å²) in [6.45, 7) is 5.56. The number of carboxylic acid groups (broad SMARTS) is 1. The van der Waals surface area contributed by atoms with E-state index in [2.05, 4.69) is 19.2 Å². The summed E-state index contributed by atoms with van der Waals surface area (Å²) in [6, 6.07) is -0.135. The molecule has 92 valence electrons. The highest BCUT2D eigenvalue weighted by molar-refractivity contribution is 5.79. The quantitative estimate of drug-likeness (QED) is 0.741. The Hall–Kier alpha value is -1.26. The molecule has 2 N–H and O–H groups in total. The Labute approximate surface area is 95.8 Å². The van der Waals surface area contributed by atoms with E-state index >= 15 is 0 Å². The van der Waals surface area contributed by atoms with Crippen molar-refractivity contribution in [3.8, 4) is 0 Å². The van der Waals surface area contributed by atoms with Crippen molar-refractivity contribution in [2.45, 2.75) is 26.7 Å². The van der Waals surface area contributed by atoms with Gasteiger partial charge in [-0.15, -0.1) is 0 Å². The summed E-state index contributed by atoms with van der Waals surface area (Å²) in [4.78, 5) is 23.6. The molecule has 0 aromatic rings. The highest BCUT2D eigenvalue weighted by atomic mass is 16.4. The number of rotatable bonds is 5. The molecular formula is C11H20N2O3. The highest BCUT2D eigenvalue weighted by Crippen LogP contribution is 2.15. The first-order valence-corrected chi connectivity index (χ1v) is 5.84. The van der Waals surface area contributed by atoms with E-state index in [0.29, 0.717) is 25.6 Å². The lowest BCUT2D eigenvalue weighted by molar-refractivity contribution is -0.146. The molecule has 0 unspecified atom stereocenters. The fourth-order valence-corrected chi connectivity index (χ4v) is 1.72. The lowest BCUT2D eigenvalue weighted by Gasteiger charge is -2.36. The summed E-state index contributed by atoms with van der Waals surface area (Å²) < 4.78 is 0. The largest absolute Gasteiger partial charge is 0.481 e.